The van der Waals surface area contributed by atoms with E-state index in [1.54, 1.807) is 0 Å². The summed E-state index contributed by atoms with van der Waals surface area (Å²) in [7, 11) is 0. The van der Waals surface area contributed by atoms with Gasteiger partial charge in [-0.05, 0) is 13.3 Å². The molecule has 0 saturated heterocycles. The topological polar surface area (TPSA) is 29.0 Å². The molecule has 0 N–H and O–H groups in total. The van der Waals surface area contributed by atoms with E-state index in [0.29, 0.717) is 5.95 Å². The van der Waals surface area contributed by atoms with Crippen molar-refractivity contribution in [1.82, 2.24) is 9.97 Å². The minimum absolute atomic E-state index is 0.398. The van der Waals surface area contributed by atoms with Crippen molar-refractivity contribution in [3.05, 3.63) is 18.2 Å². The van der Waals surface area contributed by atoms with Crippen molar-refractivity contribution in [2.45, 2.75) is 13.3 Å². The van der Waals surface area contributed by atoms with Gasteiger partial charge in [-0.15, -0.1) is 0 Å². The molecule has 78 valence electrons. The monoisotopic (exact) mass is 261 g/mol. The molecule has 0 amide bonds. The summed E-state index contributed by atoms with van der Waals surface area (Å²) in [5.74, 6) is 0.195. The molecule has 5 heteroatoms. The second-order valence-corrected chi connectivity index (χ2v) is 3.62. The molecule has 0 aliphatic carbocycles. The number of hydrogen-bond acceptors (Lipinski definition) is 3. The molecule has 0 bridgehead atoms. The van der Waals surface area contributed by atoms with E-state index in [2.05, 4.69) is 25.9 Å². The Labute approximate surface area is 91.5 Å². The molecule has 0 aromatic carbocycles. The molecular weight excluding hydrogens is 249 g/mol. The molecule has 14 heavy (non-hydrogen) atoms. The lowest BCUT2D eigenvalue weighted by atomic mass is 10.4. The predicted octanol–water partition coefficient (Wildman–Crippen LogP) is 2.23. The van der Waals surface area contributed by atoms with Crippen LogP contribution in [0, 0.1) is 5.82 Å². The molecule has 3 nitrogen and oxygen atoms in total. The van der Waals surface area contributed by atoms with Crippen LogP contribution in [0.4, 0.5) is 10.3 Å². The largest absolute Gasteiger partial charge is 0.341 e. The van der Waals surface area contributed by atoms with Crippen LogP contribution in [-0.2, 0) is 0 Å². The van der Waals surface area contributed by atoms with E-state index in [-0.39, 0.29) is 0 Å². The highest BCUT2D eigenvalue weighted by Gasteiger charge is 2.06. The fourth-order valence-electron chi connectivity index (χ4n) is 1.12. The average molecular weight is 262 g/mol. The number of halogens is 2. The predicted molar refractivity (Wildman–Crippen MR) is 58.3 cm³/mol. The Morgan fingerprint density at radius 2 is 2.07 bits per heavy atom. The number of anilines is 1. The molecule has 0 atom stereocenters. The van der Waals surface area contributed by atoms with E-state index < -0.39 is 5.82 Å². The Balaban J connectivity index is 2.64. The normalized spacial score (nSPS) is 10.2. The summed E-state index contributed by atoms with van der Waals surface area (Å²) < 4.78 is 12.6. The van der Waals surface area contributed by atoms with Crippen LogP contribution >= 0.6 is 15.9 Å². The van der Waals surface area contributed by atoms with Gasteiger partial charge in [0.05, 0.1) is 12.4 Å². The Morgan fingerprint density at radius 1 is 1.43 bits per heavy atom. The first-order valence-corrected chi connectivity index (χ1v) is 5.68. The number of hydrogen-bond donors (Lipinski definition) is 0. The van der Waals surface area contributed by atoms with Crippen LogP contribution in [0.3, 0.4) is 0 Å². The zero-order chi connectivity index (χ0) is 10.4. The van der Waals surface area contributed by atoms with E-state index in [9.17, 15) is 4.39 Å². The number of aromatic nitrogens is 2. The van der Waals surface area contributed by atoms with Gasteiger partial charge in [0, 0.05) is 18.4 Å². The third kappa shape index (κ3) is 3.21. The minimum Gasteiger partial charge on any atom is -0.341 e. The molecule has 1 aromatic heterocycles. The Hall–Kier alpha value is -0.710. The lowest BCUT2D eigenvalue weighted by molar-refractivity contribution is 0.610. The molecule has 0 aliphatic rings. The fraction of sp³-hybridized carbons (Fsp3) is 0.556. The van der Waals surface area contributed by atoms with E-state index in [4.69, 9.17) is 0 Å². The highest BCUT2D eigenvalue weighted by Crippen LogP contribution is 2.07. The molecule has 1 heterocycles. The summed E-state index contributed by atoms with van der Waals surface area (Å²) >= 11 is 3.36. The van der Waals surface area contributed by atoms with Crippen LogP contribution in [0.1, 0.15) is 13.3 Å². The first-order valence-electron chi connectivity index (χ1n) is 4.56. The van der Waals surface area contributed by atoms with Crippen molar-refractivity contribution < 1.29 is 4.39 Å². The van der Waals surface area contributed by atoms with Crippen LogP contribution in [0.2, 0.25) is 0 Å². The van der Waals surface area contributed by atoms with Crippen LogP contribution in [0.5, 0.6) is 0 Å². The van der Waals surface area contributed by atoms with Gasteiger partial charge in [-0.1, -0.05) is 15.9 Å². The van der Waals surface area contributed by atoms with Crippen molar-refractivity contribution in [2.75, 3.05) is 23.3 Å². The quantitative estimate of drug-likeness (QED) is 0.762. The van der Waals surface area contributed by atoms with Crippen LogP contribution < -0.4 is 4.90 Å². The van der Waals surface area contributed by atoms with E-state index in [1.807, 2.05) is 11.8 Å². The molecule has 0 saturated carbocycles. The zero-order valence-corrected chi connectivity index (χ0v) is 9.67. The highest BCUT2D eigenvalue weighted by atomic mass is 79.9. The molecule has 0 spiro atoms. The van der Waals surface area contributed by atoms with Gasteiger partial charge in [0.25, 0.3) is 0 Å². The van der Waals surface area contributed by atoms with Gasteiger partial charge in [0.15, 0.2) is 5.82 Å². The Kier molecular flexibility index (Phi) is 4.79. The van der Waals surface area contributed by atoms with Gasteiger partial charge in [0.2, 0.25) is 5.95 Å². The van der Waals surface area contributed by atoms with Gasteiger partial charge >= 0.3 is 0 Å². The van der Waals surface area contributed by atoms with Crippen molar-refractivity contribution in [3.63, 3.8) is 0 Å². The highest BCUT2D eigenvalue weighted by molar-refractivity contribution is 9.09. The maximum atomic E-state index is 12.6. The maximum absolute atomic E-state index is 12.6. The smallest absolute Gasteiger partial charge is 0.225 e. The number of rotatable bonds is 5. The van der Waals surface area contributed by atoms with E-state index in [0.717, 1.165) is 24.8 Å². The van der Waals surface area contributed by atoms with E-state index in [1.165, 1.54) is 12.4 Å². The average Bonchev–Trinajstić information content (AvgIpc) is 2.21. The summed E-state index contributed by atoms with van der Waals surface area (Å²) in [5.41, 5.74) is 0. The lowest BCUT2D eigenvalue weighted by Crippen LogP contribution is -2.26. The van der Waals surface area contributed by atoms with Crippen molar-refractivity contribution in [3.8, 4) is 0 Å². The van der Waals surface area contributed by atoms with Gasteiger partial charge in [-0.3, -0.25) is 0 Å². The summed E-state index contributed by atoms with van der Waals surface area (Å²) in [5, 5.41) is 0.949. The van der Waals surface area contributed by atoms with Crippen molar-refractivity contribution >= 4 is 21.9 Å². The van der Waals surface area contributed by atoms with Crippen molar-refractivity contribution in [2.24, 2.45) is 0 Å². The fourth-order valence-corrected chi connectivity index (χ4v) is 1.37. The summed E-state index contributed by atoms with van der Waals surface area (Å²) in [6.45, 7) is 3.74. The zero-order valence-electron chi connectivity index (χ0n) is 8.08. The van der Waals surface area contributed by atoms with Gasteiger partial charge in [0.1, 0.15) is 0 Å². The third-order valence-electron chi connectivity index (χ3n) is 1.83. The van der Waals surface area contributed by atoms with Crippen LogP contribution in [-0.4, -0.2) is 28.4 Å². The first kappa shape index (κ1) is 11.4. The molecule has 0 fully saturated rings. The van der Waals surface area contributed by atoms with Gasteiger partial charge in [-0.25, -0.2) is 14.4 Å². The summed E-state index contributed by atoms with van der Waals surface area (Å²) in [6, 6.07) is 0. The molecular formula is C9H13BrFN3. The van der Waals surface area contributed by atoms with E-state index >= 15 is 0 Å². The van der Waals surface area contributed by atoms with Crippen LogP contribution in [0.25, 0.3) is 0 Å². The molecule has 0 aliphatic heterocycles. The number of alkyl halides is 1. The van der Waals surface area contributed by atoms with Gasteiger partial charge in [-0.2, -0.15) is 0 Å². The Bertz CT molecular complexity index is 265. The van der Waals surface area contributed by atoms with Crippen molar-refractivity contribution in [1.29, 1.82) is 0 Å². The standard InChI is InChI=1S/C9H13BrFN3/c1-2-14(5-3-4-10)9-12-6-8(11)7-13-9/h6-7H,2-5H2,1H3. The lowest BCUT2D eigenvalue weighted by Gasteiger charge is -2.19. The van der Waals surface area contributed by atoms with Crippen LogP contribution in [0.15, 0.2) is 12.4 Å². The SMILES string of the molecule is CCN(CCCBr)c1ncc(F)cn1. The second-order valence-electron chi connectivity index (χ2n) is 2.82. The second kappa shape index (κ2) is 5.90. The molecule has 1 rings (SSSR count). The third-order valence-corrected chi connectivity index (χ3v) is 2.39. The van der Waals surface area contributed by atoms with Gasteiger partial charge < -0.3 is 4.90 Å². The number of nitrogens with zero attached hydrogens (tertiary/aromatic N) is 3. The molecule has 0 unspecified atom stereocenters. The maximum Gasteiger partial charge on any atom is 0.225 e. The Morgan fingerprint density at radius 3 is 2.57 bits per heavy atom. The molecule has 0 radical (unpaired) electrons. The minimum atomic E-state index is -0.398. The summed E-state index contributed by atoms with van der Waals surface area (Å²) in [4.78, 5) is 9.87. The molecule has 1 aromatic rings. The first-order chi connectivity index (χ1) is 6.77. The summed E-state index contributed by atoms with van der Waals surface area (Å²) in [6.07, 6.45) is 3.41.